The lowest BCUT2D eigenvalue weighted by atomic mass is 10.2. The van der Waals surface area contributed by atoms with Crippen molar-refractivity contribution in [3.05, 3.63) is 57.1 Å². The minimum absolute atomic E-state index is 0.0543. The van der Waals surface area contributed by atoms with Gasteiger partial charge < -0.3 is 5.32 Å². The average molecular weight is 297 g/mol. The van der Waals surface area contributed by atoms with Crippen molar-refractivity contribution in [1.29, 1.82) is 0 Å². The molecule has 7 nitrogen and oxygen atoms in total. The highest BCUT2D eigenvalue weighted by Gasteiger charge is 2.13. The highest BCUT2D eigenvalue weighted by molar-refractivity contribution is 6.29. The van der Waals surface area contributed by atoms with Gasteiger partial charge >= 0.3 is 0 Å². The number of aromatic nitrogens is 2. The van der Waals surface area contributed by atoms with Gasteiger partial charge in [0.1, 0.15) is 5.82 Å². The molecule has 0 radical (unpaired) electrons. The normalized spacial score (nSPS) is 10.1. The minimum Gasteiger partial charge on any atom is -0.320 e. The first-order valence-corrected chi connectivity index (χ1v) is 5.59. The molecule has 1 N–H and O–H groups in total. The number of benzene rings is 1. The predicted octanol–water partition coefficient (Wildman–Crippen LogP) is 2.43. The number of hydrogen-bond acceptors (Lipinski definition) is 5. The first-order valence-electron chi connectivity index (χ1n) is 5.21. The number of nitro benzene ring substituents is 1. The Morgan fingerprint density at radius 1 is 1.30 bits per heavy atom. The molecular formula is C11H6ClFN4O3. The fraction of sp³-hybridized carbons (Fsp3) is 0. The van der Waals surface area contributed by atoms with E-state index in [1.165, 1.54) is 12.1 Å². The van der Waals surface area contributed by atoms with Crippen LogP contribution in [0.2, 0.25) is 5.15 Å². The summed E-state index contributed by atoms with van der Waals surface area (Å²) < 4.78 is 13.2. The predicted molar refractivity (Wildman–Crippen MR) is 68.0 cm³/mol. The second-order valence-electron chi connectivity index (χ2n) is 3.65. The molecule has 2 rings (SSSR count). The van der Waals surface area contributed by atoms with Gasteiger partial charge in [0.05, 0.1) is 16.7 Å². The molecule has 20 heavy (non-hydrogen) atoms. The smallest absolute Gasteiger partial charge is 0.276 e. The number of nitrogens with zero attached hydrogens (tertiary/aromatic N) is 3. The van der Waals surface area contributed by atoms with Crippen LogP contribution in [-0.2, 0) is 0 Å². The van der Waals surface area contributed by atoms with Gasteiger partial charge in [-0.2, -0.15) is 0 Å². The number of hydrogen-bond donors (Lipinski definition) is 1. The van der Waals surface area contributed by atoms with E-state index in [0.717, 1.165) is 18.2 Å². The number of nitro groups is 1. The summed E-state index contributed by atoms with van der Waals surface area (Å²) in [6, 6.07) is 5.41. The van der Waals surface area contributed by atoms with Gasteiger partial charge in [-0.3, -0.25) is 14.9 Å². The molecule has 0 unspecified atom stereocenters. The molecule has 0 aliphatic heterocycles. The van der Waals surface area contributed by atoms with Crippen molar-refractivity contribution in [3.63, 3.8) is 0 Å². The molecule has 2 aromatic rings. The quantitative estimate of drug-likeness (QED) is 0.693. The third kappa shape index (κ3) is 3.23. The van der Waals surface area contributed by atoms with Crippen LogP contribution >= 0.6 is 11.6 Å². The molecule has 0 spiro atoms. The van der Waals surface area contributed by atoms with Gasteiger partial charge in [0.25, 0.3) is 11.6 Å². The summed E-state index contributed by atoms with van der Waals surface area (Å²) in [6.07, 6.45) is 0. The van der Waals surface area contributed by atoms with Crippen LogP contribution in [0.1, 0.15) is 10.5 Å². The number of halogens is 2. The maximum atomic E-state index is 13.2. The molecule has 0 aliphatic rings. The van der Waals surface area contributed by atoms with E-state index < -0.39 is 22.3 Å². The van der Waals surface area contributed by atoms with Crippen LogP contribution in [0.15, 0.2) is 30.3 Å². The lowest BCUT2D eigenvalue weighted by Gasteiger charge is -2.04. The largest absolute Gasteiger partial charge is 0.320 e. The van der Waals surface area contributed by atoms with Crippen molar-refractivity contribution in [3.8, 4) is 0 Å². The van der Waals surface area contributed by atoms with E-state index in [0.29, 0.717) is 0 Å². The van der Waals surface area contributed by atoms with E-state index in [4.69, 9.17) is 11.6 Å². The Kier molecular flexibility index (Phi) is 3.85. The number of carbonyl (C=O) groups excluding carboxylic acids is 1. The third-order valence-electron chi connectivity index (χ3n) is 2.22. The zero-order valence-corrected chi connectivity index (χ0v) is 10.5. The maximum absolute atomic E-state index is 13.2. The molecule has 0 saturated heterocycles. The fourth-order valence-corrected chi connectivity index (χ4v) is 1.48. The molecule has 0 aliphatic carbocycles. The summed E-state index contributed by atoms with van der Waals surface area (Å²) in [5.41, 5.74) is -0.581. The van der Waals surface area contributed by atoms with Crippen LogP contribution in [0.5, 0.6) is 0 Å². The number of nitrogens with one attached hydrogen (secondary N) is 1. The molecule has 1 aromatic heterocycles. The summed E-state index contributed by atoms with van der Waals surface area (Å²) in [5, 5.41) is 20.0. The van der Waals surface area contributed by atoms with Crippen molar-refractivity contribution in [2.24, 2.45) is 0 Å². The summed E-state index contributed by atoms with van der Waals surface area (Å²) in [4.78, 5) is 21.6. The van der Waals surface area contributed by atoms with E-state index in [2.05, 4.69) is 15.5 Å². The van der Waals surface area contributed by atoms with Crippen LogP contribution in [0, 0.1) is 15.9 Å². The van der Waals surface area contributed by atoms with Crippen LogP contribution in [-0.4, -0.2) is 21.0 Å². The first-order chi connectivity index (χ1) is 9.45. The van der Waals surface area contributed by atoms with Crippen molar-refractivity contribution >= 4 is 28.9 Å². The molecule has 9 heteroatoms. The van der Waals surface area contributed by atoms with Gasteiger partial charge in [0, 0.05) is 6.07 Å². The SMILES string of the molecule is O=C(Nc1cc(F)cc([N+](=O)[O-])c1)c1ccc(Cl)nn1. The number of non-ortho nitro benzene ring substituents is 1. The summed E-state index contributed by atoms with van der Waals surface area (Å²) >= 11 is 5.52. The lowest BCUT2D eigenvalue weighted by Crippen LogP contribution is -2.14. The van der Waals surface area contributed by atoms with Crippen LogP contribution in [0.3, 0.4) is 0 Å². The molecule has 0 bridgehead atoms. The van der Waals surface area contributed by atoms with E-state index in [9.17, 15) is 19.3 Å². The number of amides is 1. The standard InChI is InChI=1S/C11H6ClFN4O3/c12-10-2-1-9(15-16-10)11(18)14-7-3-6(13)4-8(5-7)17(19)20/h1-5H,(H,14,18). The topological polar surface area (TPSA) is 98.0 Å². The van der Waals surface area contributed by atoms with Gasteiger partial charge in [-0.05, 0) is 18.2 Å². The Hall–Kier alpha value is -2.61. The van der Waals surface area contributed by atoms with Gasteiger partial charge in [-0.25, -0.2) is 4.39 Å². The average Bonchev–Trinajstić information content (AvgIpc) is 2.38. The minimum atomic E-state index is -0.836. The summed E-state index contributed by atoms with van der Waals surface area (Å²) in [5.74, 6) is -1.52. The van der Waals surface area contributed by atoms with Crippen LogP contribution < -0.4 is 5.32 Å². The molecule has 0 saturated carbocycles. The monoisotopic (exact) mass is 296 g/mol. The third-order valence-corrected chi connectivity index (χ3v) is 2.42. The maximum Gasteiger partial charge on any atom is 0.276 e. The highest BCUT2D eigenvalue weighted by Crippen LogP contribution is 2.20. The van der Waals surface area contributed by atoms with Crippen LogP contribution in [0.25, 0.3) is 0 Å². The molecule has 0 fully saturated rings. The van der Waals surface area contributed by atoms with E-state index in [-0.39, 0.29) is 16.5 Å². The molecule has 1 heterocycles. The number of anilines is 1. The fourth-order valence-electron chi connectivity index (χ4n) is 1.38. The first kappa shape index (κ1) is 13.8. The number of rotatable bonds is 3. The van der Waals surface area contributed by atoms with Crippen LogP contribution in [0.4, 0.5) is 15.8 Å². The van der Waals surface area contributed by atoms with Gasteiger partial charge in [-0.15, -0.1) is 10.2 Å². The van der Waals surface area contributed by atoms with Gasteiger partial charge in [0.15, 0.2) is 10.8 Å². The second kappa shape index (κ2) is 5.57. The molecule has 102 valence electrons. The Labute approximate surface area is 116 Å². The number of carbonyl (C=O) groups is 1. The second-order valence-corrected chi connectivity index (χ2v) is 4.04. The Balaban J connectivity index is 2.23. The van der Waals surface area contributed by atoms with Crippen molar-refractivity contribution in [1.82, 2.24) is 10.2 Å². The molecular weight excluding hydrogens is 291 g/mol. The van der Waals surface area contributed by atoms with Crippen molar-refractivity contribution in [2.75, 3.05) is 5.32 Å². The Bertz CT molecular complexity index is 678. The zero-order chi connectivity index (χ0) is 14.7. The Morgan fingerprint density at radius 3 is 2.65 bits per heavy atom. The Morgan fingerprint density at radius 2 is 2.05 bits per heavy atom. The summed E-state index contributed by atoms with van der Waals surface area (Å²) in [7, 11) is 0. The lowest BCUT2D eigenvalue weighted by molar-refractivity contribution is -0.385. The van der Waals surface area contributed by atoms with E-state index in [1.54, 1.807) is 0 Å². The highest BCUT2D eigenvalue weighted by atomic mass is 35.5. The van der Waals surface area contributed by atoms with Crippen molar-refractivity contribution in [2.45, 2.75) is 0 Å². The van der Waals surface area contributed by atoms with E-state index >= 15 is 0 Å². The zero-order valence-electron chi connectivity index (χ0n) is 9.71. The van der Waals surface area contributed by atoms with E-state index in [1.807, 2.05) is 0 Å². The molecule has 1 amide bonds. The molecule has 0 atom stereocenters. The van der Waals surface area contributed by atoms with Gasteiger partial charge in [-0.1, -0.05) is 11.6 Å². The summed E-state index contributed by atoms with van der Waals surface area (Å²) in [6.45, 7) is 0. The van der Waals surface area contributed by atoms with Crippen molar-refractivity contribution < 1.29 is 14.1 Å². The molecule has 1 aromatic carbocycles. The van der Waals surface area contributed by atoms with Gasteiger partial charge in [0.2, 0.25) is 0 Å².